The van der Waals surface area contributed by atoms with Crippen LogP contribution in [-0.4, -0.2) is 20.2 Å². The highest BCUT2D eigenvalue weighted by Crippen LogP contribution is 2.23. The zero-order chi connectivity index (χ0) is 12.8. The molecule has 1 aromatic carbocycles. The summed E-state index contributed by atoms with van der Waals surface area (Å²) in [6, 6.07) is 5.32. The summed E-state index contributed by atoms with van der Waals surface area (Å²) in [5, 5.41) is 9.00. The van der Waals surface area contributed by atoms with Crippen LogP contribution in [0.5, 0.6) is 5.75 Å². The Hall–Kier alpha value is -2.06. The first-order valence-electron chi connectivity index (χ1n) is 5.03. The van der Waals surface area contributed by atoms with E-state index in [0.29, 0.717) is 16.9 Å². The molecule has 1 aromatic rings. The lowest BCUT2D eigenvalue weighted by molar-refractivity contribution is -0.139. The number of carbonyl (C=O) groups excluding carboxylic acids is 1. The molecule has 0 spiro atoms. The number of benzene rings is 1. The van der Waals surface area contributed by atoms with Crippen LogP contribution < -0.4 is 10.5 Å². The molecule has 0 unspecified atom stereocenters. The predicted molar refractivity (Wildman–Crippen MR) is 61.3 cm³/mol. The Morgan fingerprint density at radius 1 is 1.41 bits per heavy atom. The number of nitrogens with zero attached hydrogens (tertiary/aromatic N) is 1. The van der Waals surface area contributed by atoms with Gasteiger partial charge in [0.05, 0.1) is 32.3 Å². The summed E-state index contributed by atoms with van der Waals surface area (Å²) in [6.07, 6.45) is 0.0423. The third kappa shape index (κ3) is 2.95. The Balaban J connectivity index is 3.20. The van der Waals surface area contributed by atoms with E-state index in [1.807, 2.05) is 6.07 Å². The average molecular weight is 234 g/mol. The van der Waals surface area contributed by atoms with Crippen molar-refractivity contribution in [1.82, 2.24) is 0 Å². The number of nitriles is 1. The Morgan fingerprint density at radius 2 is 2.12 bits per heavy atom. The normalized spacial score (nSPS) is 9.53. The van der Waals surface area contributed by atoms with Gasteiger partial charge in [0.15, 0.2) is 0 Å². The van der Waals surface area contributed by atoms with E-state index < -0.39 is 5.97 Å². The first-order valence-corrected chi connectivity index (χ1v) is 5.03. The van der Waals surface area contributed by atoms with Crippen molar-refractivity contribution in [2.24, 2.45) is 5.73 Å². The lowest BCUT2D eigenvalue weighted by atomic mass is 10.0. The maximum absolute atomic E-state index is 11.2. The number of rotatable bonds is 4. The van der Waals surface area contributed by atoms with Crippen LogP contribution in [0.25, 0.3) is 0 Å². The fourth-order valence-electron chi connectivity index (χ4n) is 1.49. The van der Waals surface area contributed by atoms with Crippen molar-refractivity contribution < 1.29 is 14.3 Å². The Bertz CT molecular complexity index is 464. The lowest BCUT2D eigenvalue weighted by Crippen LogP contribution is -2.08. The molecule has 0 radical (unpaired) electrons. The summed E-state index contributed by atoms with van der Waals surface area (Å²) < 4.78 is 9.72. The third-order valence-corrected chi connectivity index (χ3v) is 2.41. The van der Waals surface area contributed by atoms with Gasteiger partial charge in [-0.05, 0) is 17.7 Å². The summed E-state index contributed by atoms with van der Waals surface area (Å²) in [6.45, 7) is 0.274. The molecule has 0 aliphatic heterocycles. The fourth-order valence-corrected chi connectivity index (χ4v) is 1.49. The number of nitrogens with two attached hydrogens (primary N) is 1. The van der Waals surface area contributed by atoms with Gasteiger partial charge < -0.3 is 15.2 Å². The molecule has 1 rings (SSSR count). The molecule has 0 saturated carbocycles. The summed E-state index contributed by atoms with van der Waals surface area (Å²) in [5.74, 6) is 0.175. The van der Waals surface area contributed by atoms with Gasteiger partial charge in [-0.25, -0.2) is 0 Å². The van der Waals surface area contributed by atoms with Crippen LogP contribution in [0.15, 0.2) is 12.1 Å². The van der Waals surface area contributed by atoms with E-state index in [-0.39, 0.29) is 13.0 Å². The number of hydrogen-bond donors (Lipinski definition) is 1. The van der Waals surface area contributed by atoms with E-state index in [0.717, 1.165) is 5.56 Å². The van der Waals surface area contributed by atoms with Gasteiger partial charge in [0.2, 0.25) is 0 Å². The number of ether oxygens (including phenoxy) is 2. The standard InChI is InChI=1S/C12H14N2O3/c1-16-11-4-8(5-12(15)17-2)9(6-13)3-10(11)7-14/h3-4H,5,7,14H2,1-2H3. The average Bonchev–Trinajstić information content (AvgIpc) is 2.37. The van der Waals surface area contributed by atoms with Crippen LogP contribution in [0.3, 0.4) is 0 Å². The van der Waals surface area contributed by atoms with E-state index in [9.17, 15) is 4.79 Å². The second-order valence-electron chi connectivity index (χ2n) is 3.39. The van der Waals surface area contributed by atoms with Gasteiger partial charge in [-0.3, -0.25) is 4.79 Å². The molecule has 2 N–H and O–H groups in total. The van der Waals surface area contributed by atoms with Crippen LogP contribution in [0, 0.1) is 11.3 Å². The van der Waals surface area contributed by atoms with Crippen LogP contribution >= 0.6 is 0 Å². The highest BCUT2D eigenvalue weighted by atomic mass is 16.5. The largest absolute Gasteiger partial charge is 0.496 e. The van der Waals surface area contributed by atoms with Gasteiger partial charge in [-0.15, -0.1) is 0 Å². The maximum Gasteiger partial charge on any atom is 0.310 e. The highest BCUT2D eigenvalue weighted by Gasteiger charge is 2.12. The minimum Gasteiger partial charge on any atom is -0.496 e. The second-order valence-corrected chi connectivity index (χ2v) is 3.39. The molecular formula is C12H14N2O3. The van der Waals surface area contributed by atoms with Crippen LogP contribution in [0.4, 0.5) is 0 Å². The summed E-state index contributed by atoms with van der Waals surface area (Å²) >= 11 is 0. The van der Waals surface area contributed by atoms with Gasteiger partial charge in [0, 0.05) is 12.1 Å². The molecule has 0 atom stereocenters. The number of methoxy groups -OCH3 is 2. The molecule has 0 heterocycles. The molecule has 0 saturated heterocycles. The quantitative estimate of drug-likeness (QED) is 0.776. The first kappa shape index (κ1) is 13.0. The zero-order valence-corrected chi connectivity index (χ0v) is 9.82. The van der Waals surface area contributed by atoms with E-state index in [1.165, 1.54) is 14.2 Å². The van der Waals surface area contributed by atoms with Crippen molar-refractivity contribution in [1.29, 1.82) is 5.26 Å². The van der Waals surface area contributed by atoms with Crippen LogP contribution in [-0.2, 0) is 22.5 Å². The monoisotopic (exact) mass is 234 g/mol. The molecule has 5 nitrogen and oxygen atoms in total. The third-order valence-electron chi connectivity index (χ3n) is 2.41. The van der Waals surface area contributed by atoms with Gasteiger partial charge >= 0.3 is 5.97 Å². The van der Waals surface area contributed by atoms with Crippen LogP contribution in [0.2, 0.25) is 0 Å². The lowest BCUT2D eigenvalue weighted by Gasteiger charge is -2.10. The second kappa shape index (κ2) is 5.87. The van der Waals surface area contributed by atoms with E-state index >= 15 is 0 Å². The number of esters is 1. The molecule has 0 aliphatic rings. The molecule has 5 heteroatoms. The van der Waals surface area contributed by atoms with Crippen molar-refractivity contribution >= 4 is 5.97 Å². The van der Waals surface area contributed by atoms with E-state index in [1.54, 1.807) is 12.1 Å². The highest BCUT2D eigenvalue weighted by molar-refractivity contribution is 5.74. The van der Waals surface area contributed by atoms with E-state index in [2.05, 4.69) is 4.74 Å². The molecule has 0 amide bonds. The number of hydrogen-bond acceptors (Lipinski definition) is 5. The predicted octanol–water partition coefficient (Wildman–Crippen LogP) is 0.741. The molecule has 17 heavy (non-hydrogen) atoms. The van der Waals surface area contributed by atoms with E-state index in [4.69, 9.17) is 15.7 Å². The molecule has 0 aromatic heterocycles. The molecule has 0 bridgehead atoms. The fraction of sp³-hybridized carbons (Fsp3) is 0.333. The Morgan fingerprint density at radius 3 is 2.59 bits per heavy atom. The van der Waals surface area contributed by atoms with Gasteiger partial charge in [-0.1, -0.05) is 0 Å². The summed E-state index contributed by atoms with van der Waals surface area (Å²) in [4.78, 5) is 11.2. The van der Waals surface area contributed by atoms with Gasteiger partial charge in [-0.2, -0.15) is 5.26 Å². The van der Waals surface area contributed by atoms with Crippen molar-refractivity contribution in [2.75, 3.05) is 14.2 Å². The van der Waals surface area contributed by atoms with Crippen molar-refractivity contribution in [3.63, 3.8) is 0 Å². The van der Waals surface area contributed by atoms with Crippen molar-refractivity contribution in [3.05, 3.63) is 28.8 Å². The smallest absolute Gasteiger partial charge is 0.310 e. The Kier molecular flexibility index (Phi) is 4.49. The molecule has 0 fully saturated rings. The zero-order valence-electron chi connectivity index (χ0n) is 9.82. The first-order chi connectivity index (χ1) is 8.15. The topological polar surface area (TPSA) is 85.3 Å². The van der Waals surface area contributed by atoms with Crippen LogP contribution in [0.1, 0.15) is 16.7 Å². The van der Waals surface area contributed by atoms with Crippen molar-refractivity contribution in [2.45, 2.75) is 13.0 Å². The summed E-state index contributed by atoms with van der Waals surface area (Å²) in [7, 11) is 2.82. The minimum atomic E-state index is -0.399. The van der Waals surface area contributed by atoms with Crippen molar-refractivity contribution in [3.8, 4) is 11.8 Å². The minimum absolute atomic E-state index is 0.0423. The Labute approximate surface area is 99.7 Å². The number of carbonyl (C=O) groups is 1. The molecule has 90 valence electrons. The van der Waals surface area contributed by atoms with Gasteiger partial charge in [0.25, 0.3) is 0 Å². The SMILES string of the molecule is COC(=O)Cc1cc(OC)c(CN)cc1C#N. The summed E-state index contributed by atoms with van der Waals surface area (Å²) in [5.41, 5.74) is 7.27. The molecular weight excluding hydrogens is 220 g/mol. The molecule has 0 aliphatic carbocycles. The maximum atomic E-state index is 11.2. The van der Waals surface area contributed by atoms with Gasteiger partial charge in [0.1, 0.15) is 5.75 Å².